The number of aryl methyl sites for hydroxylation is 3. The second kappa shape index (κ2) is 6.16. The zero-order valence-electron chi connectivity index (χ0n) is 13.5. The van der Waals surface area contributed by atoms with Gasteiger partial charge in [0, 0.05) is 6.54 Å². The molecule has 3 rings (SSSR count). The molecule has 1 aromatic carbocycles. The van der Waals surface area contributed by atoms with Crippen molar-refractivity contribution in [3.05, 3.63) is 47.0 Å². The normalized spacial score (nSPS) is 10.9. The van der Waals surface area contributed by atoms with Crippen LogP contribution in [-0.4, -0.2) is 31.6 Å². The summed E-state index contributed by atoms with van der Waals surface area (Å²) in [5.41, 5.74) is 4.22. The fourth-order valence-electron chi connectivity index (χ4n) is 2.33. The lowest BCUT2D eigenvalue weighted by Crippen LogP contribution is -2.10. The second-order valence-corrected chi connectivity index (χ2v) is 5.53. The van der Waals surface area contributed by atoms with E-state index in [4.69, 9.17) is 0 Å². The van der Waals surface area contributed by atoms with Gasteiger partial charge in [0.05, 0.1) is 11.4 Å². The monoisotopic (exact) mass is 309 g/mol. The molecule has 0 amide bonds. The number of fused-ring (bicyclic) bond motifs is 1. The molecule has 6 nitrogen and oxygen atoms in total. The van der Waals surface area contributed by atoms with Gasteiger partial charge < -0.3 is 10.4 Å². The molecule has 2 heterocycles. The number of anilines is 1. The average Bonchev–Trinajstić information content (AvgIpc) is 2.51. The summed E-state index contributed by atoms with van der Waals surface area (Å²) in [6, 6.07) is 7.20. The van der Waals surface area contributed by atoms with Crippen LogP contribution in [-0.2, 0) is 6.42 Å². The molecule has 3 aromatic rings. The van der Waals surface area contributed by atoms with Crippen LogP contribution in [0.3, 0.4) is 0 Å². The van der Waals surface area contributed by atoms with Crippen LogP contribution >= 0.6 is 0 Å². The van der Waals surface area contributed by atoms with Gasteiger partial charge >= 0.3 is 0 Å². The number of nitrogens with one attached hydrogen (secondary N) is 1. The van der Waals surface area contributed by atoms with E-state index in [0.717, 1.165) is 23.4 Å². The van der Waals surface area contributed by atoms with Gasteiger partial charge in [-0.3, -0.25) is 0 Å². The summed E-state index contributed by atoms with van der Waals surface area (Å²) in [6.07, 6.45) is 0.823. The smallest absolute Gasteiger partial charge is 0.184 e. The number of phenols is 1. The standard InChI is InChI=1S/C17H19N5O/c1-10-11(2)20-17-15(19-10)16(21-12(3)22-17)18-9-8-13-4-6-14(23)7-5-13/h4-7,23H,8-9H2,1-3H3,(H,18,20,21,22). The molecule has 0 atom stereocenters. The van der Waals surface area contributed by atoms with E-state index in [1.165, 1.54) is 0 Å². The summed E-state index contributed by atoms with van der Waals surface area (Å²) in [5.74, 6) is 1.66. The van der Waals surface area contributed by atoms with Crippen LogP contribution < -0.4 is 5.32 Å². The Morgan fingerprint density at radius 2 is 1.61 bits per heavy atom. The molecule has 6 heteroatoms. The van der Waals surface area contributed by atoms with Gasteiger partial charge in [-0.05, 0) is 44.9 Å². The van der Waals surface area contributed by atoms with Crippen LogP contribution in [0, 0.1) is 20.8 Å². The number of aromatic nitrogens is 4. The summed E-state index contributed by atoms with van der Waals surface area (Å²) >= 11 is 0. The van der Waals surface area contributed by atoms with Crippen LogP contribution in [0.2, 0.25) is 0 Å². The van der Waals surface area contributed by atoms with Crippen molar-refractivity contribution in [2.75, 3.05) is 11.9 Å². The Morgan fingerprint density at radius 3 is 2.35 bits per heavy atom. The maximum atomic E-state index is 9.31. The highest BCUT2D eigenvalue weighted by atomic mass is 16.3. The predicted molar refractivity (Wildman–Crippen MR) is 89.6 cm³/mol. The first-order chi connectivity index (χ1) is 11.0. The lowest BCUT2D eigenvalue weighted by atomic mass is 10.1. The number of hydrogen-bond donors (Lipinski definition) is 2. The summed E-state index contributed by atoms with van der Waals surface area (Å²) in [5, 5.41) is 12.6. The third-order valence-electron chi connectivity index (χ3n) is 3.70. The Bertz CT molecular complexity index is 846. The Balaban J connectivity index is 1.81. The highest BCUT2D eigenvalue weighted by Gasteiger charge is 2.10. The van der Waals surface area contributed by atoms with Crippen LogP contribution in [0.1, 0.15) is 22.8 Å². The summed E-state index contributed by atoms with van der Waals surface area (Å²) in [6.45, 7) is 6.42. The van der Waals surface area contributed by atoms with Gasteiger partial charge in [-0.1, -0.05) is 12.1 Å². The molecule has 0 saturated carbocycles. The van der Waals surface area contributed by atoms with Crippen molar-refractivity contribution < 1.29 is 5.11 Å². The Morgan fingerprint density at radius 1 is 0.913 bits per heavy atom. The summed E-state index contributed by atoms with van der Waals surface area (Å²) in [7, 11) is 0. The first-order valence-corrected chi connectivity index (χ1v) is 7.54. The fraction of sp³-hybridized carbons (Fsp3) is 0.294. The molecule has 118 valence electrons. The molecule has 0 unspecified atom stereocenters. The van der Waals surface area contributed by atoms with Crippen molar-refractivity contribution in [3.63, 3.8) is 0 Å². The van der Waals surface area contributed by atoms with Crippen molar-refractivity contribution in [2.24, 2.45) is 0 Å². The van der Waals surface area contributed by atoms with Gasteiger partial charge in [-0.15, -0.1) is 0 Å². The third kappa shape index (κ3) is 3.36. The molecule has 0 radical (unpaired) electrons. The minimum Gasteiger partial charge on any atom is -0.508 e. The molecule has 0 aliphatic rings. The quantitative estimate of drug-likeness (QED) is 0.771. The lowest BCUT2D eigenvalue weighted by molar-refractivity contribution is 0.475. The van der Waals surface area contributed by atoms with Crippen LogP contribution in [0.15, 0.2) is 24.3 Å². The fourth-order valence-corrected chi connectivity index (χ4v) is 2.33. The average molecular weight is 309 g/mol. The van der Waals surface area contributed by atoms with Gasteiger partial charge in [-0.25, -0.2) is 19.9 Å². The van der Waals surface area contributed by atoms with Gasteiger partial charge in [0.25, 0.3) is 0 Å². The van der Waals surface area contributed by atoms with E-state index >= 15 is 0 Å². The van der Waals surface area contributed by atoms with E-state index in [-0.39, 0.29) is 5.75 Å². The van der Waals surface area contributed by atoms with Crippen LogP contribution in [0.4, 0.5) is 5.82 Å². The summed E-state index contributed by atoms with van der Waals surface area (Å²) < 4.78 is 0. The molecule has 2 N–H and O–H groups in total. The van der Waals surface area contributed by atoms with Crippen LogP contribution in [0.25, 0.3) is 11.2 Å². The molecule has 0 aliphatic heterocycles. The third-order valence-corrected chi connectivity index (χ3v) is 3.70. The van der Waals surface area contributed by atoms with E-state index < -0.39 is 0 Å². The number of benzene rings is 1. The van der Waals surface area contributed by atoms with Crippen molar-refractivity contribution in [1.29, 1.82) is 0 Å². The van der Waals surface area contributed by atoms with Crippen molar-refractivity contribution in [2.45, 2.75) is 27.2 Å². The van der Waals surface area contributed by atoms with Gasteiger partial charge in [-0.2, -0.15) is 0 Å². The molecule has 0 bridgehead atoms. The first-order valence-electron chi connectivity index (χ1n) is 7.54. The van der Waals surface area contributed by atoms with Crippen LogP contribution in [0.5, 0.6) is 5.75 Å². The van der Waals surface area contributed by atoms with E-state index in [2.05, 4.69) is 25.3 Å². The molecular formula is C17H19N5O. The number of nitrogens with zero attached hydrogens (tertiary/aromatic N) is 4. The Kier molecular flexibility index (Phi) is 4.06. The maximum absolute atomic E-state index is 9.31. The summed E-state index contributed by atoms with van der Waals surface area (Å²) in [4.78, 5) is 17.9. The molecule has 0 spiro atoms. The highest BCUT2D eigenvalue weighted by molar-refractivity contribution is 5.82. The Labute approximate surface area is 134 Å². The SMILES string of the molecule is Cc1nc(NCCc2ccc(O)cc2)c2nc(C)c(C)nc2n1. The molecular weight excluding hydrogens is 290 g/mol. The molecule has 23 heavy (non-hydrogen) atoms. The number of phenolic OH excluding ortho intramolecular Hbond substituents is 1. The van der Waals surface area contributed by atoms with Crippen molar-refractivity contribution in [1.82, 2.24) is 19.9 Å². The van der Waals surface area contributed by atoms with E-state index in [0.29, 0.717) is 29.4 Å². The second-order valence-electron chi connectivity index (χ2n) is 5.53. The molecule has 0 fully saturated rings. The maximum Gasteiger partial charge on any atom is 0.184 e. The highest BCUT2D eigenvalue weighted by Crippen LogP contribution is 2.18. The molecule has 2 aromatic heterocycles. The topological polar surface area (TPSA) is 83.8 Å². The largest absolute Gasteiger partial charge is 0.508 e. The minimum absolute atomic E-state index is 0.278. The zero-order chi connectivity index (χ0) is 16.4. The van der Waals surface area contributed by atoms with E-state index in [1.807, 2.05) is 32.9 Å². The number of hydrogen-bond acceptors (Lipinski definition) is 6. The molecule has 0 aliphatic carbocycles. The van der Waals surface area contributed by atoms with Crippen molar-refractivity contribution >= 4 is 17.0 Å². The zero-order valence-corrected chi connectivity index (χ0v) is 13.5. The van der Waals surface area contributed by atoms with E-state index in [9.17, 15) is 5.11 Å². The van der Waals surface area contributed by atoms with Gasteiger partial charge in [0.1, 0.15) is 11.6 Å². The lowest BCUT2D eigenvalue weighted by Gasteiger charge is -2.10. The van der Waals surface area contributed by atoms with Gasteiger partial charge in [0.15, 0.2) is 17.0 Å². The Hall–Kier alpha value is -2.76. The molecule has 0 saturated heterocycles. The minimum atomic E-state index is 0.278. The van der Waals surface area contributed by atoms with E-state index in [1.54, 1.807) is 12.1 Å². The number of rotatable bonds is 4. The predicted octanol–water partition coefficient (Wildman–Crippen LogP) is 2.71. The first kappa shape index (κ1) is 15.1. The number of aromatic hydroxyl groups is 1. The van der Waals surface area contributed by atoms with Crippen molar-refractivity contribution in [3.8, 4) is 5.75 Å². The van der Waals surface area contributed by atoms with Gasteiger partial charge in [0.2, 0.25) is 0 Å².